The SMILES string of the molecule is Cc1ccc(-c2cc(-c3ccccc3)pc(-c3ccccc3)c2)cc1. The minimum atomic E-state index is 1.25. The van der Waals surface area contributed by atoms with Crippen LogP contribution in [-0.2, 0) is 0 Å². The lowest BCUT2D eigenvalue weighted by Crippen LogP contribution is -1.82. The number of rotatable bonds is 3. The lowest BCUT2D eigenvalue weighted by Gasteiger charge is -2.11. The Morgan fingerprint density at radius 2 is 0.960 bits per heavy atom. The van der Waals surface area contributed by atoms with Crippen LogP contribution in [0.1, 0.15) is 5.56 Å². The third-order valence-corrected chi connectivity index (χ3v) is 5.61. The normalized spacial score (nSPS) is 10.6. The van der Waals surface area contributed by atoms with E-state index in [0.29, 0.717) is 0 Å². The predicted molar refractivity (Wildman–Crippen MR) is 110 cm³/mol. The van der Waals surface area contributed by atoms with Gasteiger partial charge in [0.2, 0.25) is 0 Å². The minimum Gasteiger partial charge on any atom is -0.0622 e. The Bertz CT molecular complexity index is 914. The van der Waals surface area contributed by atoms with Crippen molar-refractivity contribution in [2.45, 2.75) is 6.92 Å². The maximum Gasteiger partial charge on any atom is 0.0102 e. The van der Waals surface area contributed by atoms with Gasteiger partial charge in [-0.3, -0.25) is 0 Å². The summed E-state index contributed by atoms with van der Waals surface area (Å²) in [7, 11) is 1.25. The van der Waals surface area contributed by atoms with Crippen LogP contribution in [0.25, 0.3) is 32.8 Å². The zero-order valence-corrected chi connectivity index (χ0v) is 15.1. The van der Waals surface area contributed by atoms with Crippen molar-refractivity contribution in [3.05, 3.63) is 103 Å². The van der Waals surface area contributed by atoms with E-state index in [1.165, 1.54) is 46.6 Å². The average molecular weight is 338 g/mol. The molecule has 3 aromatic carbocycles. The molecule has 4 aromatic rings. The van der Waals surface area contributed by atoms with Gasteiger partial charge in [0.1, 0.15) is 0 Å². The molecule has 0 fully saturated rings. The summed E-state index contributed by atoms with van der Waals surface area (Å²) in [4.78, 5) is 0. The molecular formula is C24H19P. The summed E-state index contributed by atoms with van der Waals surface area (Å²) < 4.78 is 0. The van der Waals surface area contributed by atoms with Crippen LogP contribution in [0, 0.1) is 6.92 Å². The van der Waals surface area contributed by atoms with Crippen molar-refractivity contribution in [3.8, 4) is 32.8 Å². The highest BCUT2D eigenvalue weighted by Crippen LogP contribution is 2.40. The second-order valence-electron chi connectivity index (χ2n) is 6.22. The fraction of sp³-hybridized carbons (Fsp3) is 0.0417. The zero-order chi connectivity index (χ0) is 17.1. The summed E-state index contributed by atoms with van der Waals surface area (Å²) in [5.41, 5.74) is 6.40. The Morgan fingerprint density at radius 3 is 1.44 bits per heavy atom. The molecule has 0 atom stereocenters. The number of aryl methyl sites for hydroxylation is 1. The van der Waals surface area contributed by atoms with Crippen molar-refractivity contribution in [2.75, 3.05) is 0 Å². The molecule has 25 heavy (non-hydrogen) atoms. The van der Waals surface area contributed by atoms with E-state index in [2.05, 4.69) is 104 Å². The van der Waals surface area contributed by atoms with Crippen LogP contribution < -0.4 is 0 Å². The predicted octanol–water partition coefficient (Wildman–Crippen LogP) is 7.58. The van der Waals surface area contributed by atoms with E-state index in [0.717, 1.165) is 0 Å². The van der Waals surface area contributed by atoms with Crippen LogP contribution in [-0.4, -0.2) is 0 Å². The molecule has 1 heterocycles. The van der Waals surface area contributed by atoms with Gasteiger partial charge in [0.05, 0.1) is 0 Å². The van der Waals surface area contributed by atoms with Crippen LogP contribution >= 0.6 is 8.19 Å². The van der Waals surface area contributed by atoms with Crippen LogP contribution in [0.3, 0.4) is 0 Å². The highest BCUT2D eigenvalue weighted by Gasteiger charge is 2.07. The molecule has 0 unspecified atom stereocenters. The van der Waals surface area contributed by atoms with E-state index in [-0.39, 0.29) is 0 Å². The van der Waals surface area contributed by atoms with Gasteiger partial charge in [-0.15, -0.1) is 0 Å². The van der Waals surface area contributed by atoms with E-state index < -0.39 is 0 Å². The molecule has 0 aliphatic rings. The van der Waals surface area contributed by atoms with Gasteiger partial charge in [-0.25, -0.2) is 0 Å². The molecule has 0 bridgehead atoms. The summed E-state index contributed by atoms with van der Waals surface area (Å²) in [5.74, 6) is 0. The average Bonchev–Trinajstić information content (AvgIpc) is 2.69. The highest BCUT2D eigenvalue weighted by molar-refractivity contribution is 7.37. The third-order valence-electron chi connectivity index (χ3n) is 4.35. The summed E-state index contributed by atoms with van der Waals surface area (Å²) in [6, 6.07) is 34.8. The molecule has 0 N–H and O–H groups in total. The first-order valence-electron chi connectivity index (χ1n) is 8.49. The van der Waals surface area contributed by atoms with Crippen LogP contribution in [0.4, 0.5) is 0 Å². The second-order valence-corrected chi connectivity index (χ2v) is 7.41. The van der Waals surface area contributed by atoms with E-state index in [4.69, 9.17) is 0 Å². The fourth-order valence-electron chi connectivity index (χ4n) is 2.96. The van der Waals surface area contributed by atoms with Gasteiger partial charge in [0.25, 0.3) is 0 Å². The summed E-state index contributed by atoms with van der Waals surface area (Å²) in [5, 5.41) is 2.69. The first kappa shape index (κ1) is 15.8. The monoisotopic (exact) mass is 338 g/mol. The van der Waals surface area contributed by atoms with Crippen molar-refractivity contribution in [2.24, 2.45) is 0 Å². The Balaban J connectivity index is 1.90. The standard InChI is InChI=1S/C24H19P/c1-18-12-14-19(15-13-18)22-16-23(20-8-4-2-5-9-20)25-24(17-22)21-10-6-3-7-11-21/h2-17H,1H3. The topological polar surface area (TPSA) is 0 Å². The van der Waals surface area contributed by atoms with Gasteiger partial charge in [-0.2, -0.15) is 0 Å². The Labute approximate surface area is 150 Å². The smallest absolute Gasteiger partial charge is 0.0102 e. The van der Waals surface area contributed by atoms with Gasteiger partial charge in [0, 0.05) is 10.6 Å². The fourth-order valence-corrected chi connectivity index (χ4v) is 4.18. The lowest BCUT2D eigenvalue weighted by atomic mass is 10.0. The molecule has 4 rings (SSSR count). The number of benzene rings is 3. The molecule has 0 amide bonds. The Kier molecular flexibility index (Phi) is 4.46. The van der Waals surface area contributed by atoms with Crippen molar-refractivity contribution in [1.29, 1.82) is 0 Å². The van der Waals surface area contributed by atoms with Crippen molar-refractivity contribution >= 4 is 8.19 Å². The van der Waals surface area contributed by atoms with Crippen molar-refractivity contribution in [1.82, 2.24) is 0 Å². The maximum atomic E-state index is 2.33. The van der Waals surface area contributed by atoms with Gasteiger partial charge in [0.15, 0.2) is 0 Å². The first-order chi connectivity index (χ1) is 12.3. The van der Waals surface area contributed by atoms with E-state index in [9.17, 15) is 0 Å². The van der Waals surface area contributed by atoms with Gasteiger partial charge in [-0.05, 0) is 41.3 Å². The summed E-state index contributed by atoms with van der Waals surface area (Å²) >= 11 is 0. The molecule has 0 radical (unpaired) electrons. The van der Waals surface area contributed by atoms with Crippen molar-refractivity contribution < 1.29 is 0 Å². The highest BCUT2D eigenvalue weighted by atomic mass is 31.0. The van der Waals surface area contributed by atoms with Crippen LogP contribution in [0.5, 0.6) is 0 Å². The van der Waals surface area contributed by atoms with E-state index in [1.807, 2.05) is 0 Å². The van der Waals surface area contributed by atoms with E-state index >= 15 is 0 Å². The van der Waals surface area contributed by atoms with E-state index in [1.54, 1.807) is 0 Å². The zero-order valence-electron chi connectivity index (χ0n) is 14.2. The molecule has 120 valence electrons. The largest absolute Gasteiger partial charge is 0.0622 e. The van der Waals surface area contributed by atoms with Crippen LogP contribution in [0.15, 0.2) is 97.1 Å². The molecule has 0 saturated carbocycles. The second kappa shape index (κ2) is 7.05. The molecule has 0 saturated heterocycles. The molecule has 0 aliphatic carbocycles. The number of hydrogen-bond acceptors (Lipinski definition) is 0. The Morgan fingerprint density at radius 1 is 0.480 bits per heavy atom. The molecule has 0 nitrogen and oxygen atoms in total. The van der Waals surface area contributed by atoms with Gasteiger partial charge >= 0.3 is 0 Å². The minimum absolute atomic E-state index is 1.25. The quantitative estimate of drug-likeness (QED) is 0.361. The first-order valence-corrected chi connectivity index (χ1v) is 9.39. The molecule has 1 aromatic heterocycles. The number of hydrogen-bond donors (Lipinski definition) is 0. The van der Waals surface area contributed by atoms with Crippen molar-refractivity contribution in [3.63, 3.8) is 0 Å². The summed E-state index contributed by atoms with van der Waals surface area (Å²) in [6.07, 6.45) is 0. The molecular weight excluding hydrogens is 319 g/mol. The third kappa shape index (κ3) is 3.55. The van der Waals surface area contributed by atoms with Gasteiger partial charge in [-0.1, -0.05) is 98.7 Å². The maximum absolute atomic E-state index is 2.33. The van der Waals surface area contributed by atoms with Gasteiger partial charge < -0.3 is 0 Å². The molecule has 0 spiro atoms. The molecule has 0 aliphatic heterocycles. The summed E-state index contributed by atoms with van der Waals surface area (Å²) in [6.45, 7) is 2.13. The molecule has 1 heteroatoms. The van der Waals surface area contributed by atoms with Crippen LogP contribution in [0.2, 0.25) is 0 Å². The Hall–Kier alpha value is -2.69. The lowest BCUT2D eigenvalue weighted by molar-refractivity contribution is 1.47.